The Morgan fingerprint density at radius 3 is 2.25 bits per heavy atom. The summed E-state index contributed by atoms with van der Waals surface area (Å²) in [7, 11) is 0. The SMILES string of the molecule is CC(C)CN(Cc1ccc(N/C(=C2\CNc3ccc([N+](=O)[O-])cc32)c2ccccc2)cc1)CC(C)C. The van der Waals surface area contributed by atoms with Crippen LogP contribution in [0.1, 0.15) is 44.4 Å². The van der Waals surface area contributed by atoms with Crippen molar-refractivity contribution in [2.24, 2.45) is 11.8 Å². The molecule has 0 aromatic heterocycles. The van der Waals surface area contributed by atoms with Crippen molar-refractivity contribution in [3.8, 4) is 0 Å². The molecule has 0 saturated carbocycles. The molecule has 0 amide bonds. The van der Waals surface area contributed by atoms with E-state index in [2.05, 4.69) is 79.6 Å². The number of benzene rings is 3. The van der Waals surface area contributed by atoms with Crippen LogP contribution in [0.25, 0.3) is 11.3 Å². The molecule has 0 bridgehead atoms. The highest BCUT2D eigenvalue weighted by molar-refractivity contribution is 6.02. The van der Waals surface area contributed by atoms with Gasteiger partial charge in [-0.15, -0.1) is 0 Å². The smallest absolute Gasteiger partial charge is 0.270 e. The first-order chi connectivity index (χ1) is 17.3. The minimum absolute atomic E-state index is 0.0964. The highest BCUT2D eigenvalue weighted by Crippen LogP contribution is 2.38. The van der Waals surface area contributed by atoms with Gasteiger partial charge in [0.15, 0.2) is 0 Å². The Morgan fingerprint density at radius 1 is 0.972 bits per heavy atom. The van der Waals surface area contributed by atoms with Gasteiger partial charge < -0.3 is 10.6 Å². The predicted octanol–water partition coefficient (Wildman–Crippen LogP) is 7.11. The molecule has 0 saturated heterocycles. The minimum Gasteiger partial charge on any atom is -0.380 e. The van der Waals surface area contributed by atoms with Crippen LogP contribution in [0.3, 0.4) is 0 Å². The fourth-order valence-corrected chi connectivity index (χ4v) is 4.81. The van der Waals surface area contributed by atoms with Gasteiger partial charge in [0.1, 0.15) is 0 Å². The van der Waals surface area contributed by atoms with E-state index in [1.54, 1.807) is 18.2 Å². The summed E-state index contributed by atoms with van der Waals surface area (Å²) >= 11 is 0. The third kappa shape index (κ3) is 6.32. The average Bonchev–Trinajstić information content (AvgIpc) is 3.26. The number of hydrogen-bond acceptors (Lipinski definition) is 5. The van der Waals surface area contributed by atoms with E-state index in [9.17, 15) is 10.1 Å². The van der Waals surface area contributed by atoms with Crippen molar-refractivity contribution < 1.29 is 4.92 Å². The molecule has 0 aliphatic carbocycles. The van der Waals surface area contributed by atoms with Crippen molar-refractivity contribution in [3.05, 3.63) is 99.6 Å². The number of nitro groups is 1. The van der Waals surface area contributed by atoms with E-state index in [0.29, 0.717) is 18.4 Å². The molecule has 6 heteroatoms. The first kappa shape index (κ1) is 25.5. The summed E-state index contributed by atoms with van der Waals surface area (Å²) in [6.45, 7) is 12.8. The Labute approximate surface area is 214 Å². The summed E-state index contributed by atoms with van der Waals surface area (Å²) in [4.78, 5) is 13.6. The third-order valence-corrected chi connectivity index (χ3v) is 6.24. The largest absolute Gasteiger partial charge is 0.380 e. The topological polar surface area (TPSA) is 70.4 Å². The van der Waals surface area contributed by atoms with Gasteiger partial charge in [-0.25, -0.2) is 0 Å². The van der Waals surface area contributed by atoms with E-state index < -0.39 is 0 Å². The van der Waals surface area contributed by atoms with Crippen LogP contribution in [0.15, 0.2) is 72.8 Å². The van der Waals surface area contributed by atoms with Gasteiger partial charge in [0.05, 0.1) is 10.6 Å². The Balaban J connectivity index is 1.63. The van der Waals surface area contributed by atoms with Crippen molar-refractivity contribution >= 4 is 28.3 Å². The van der Waals surface area contributed by atoms with Crippen molar-refractivity contribution in [1.82, 2.24) is 4.90 Å². The molecule has 188 valence electrons. The van der Waals surface area contributed by atoms with E-state index in [1.807, 2.05) is 18.2 Å². The molecule has 4 rings (SSSR count). The molecule has 6 nitrogen and oxygen atoms in total. The zero-order valence-electron chi connectivity index (χ0n) is 21.6. The van der Waals surface area contributed by atoms with Gasteiger partial charge in [-0.05, 0) is 41.2 Å². The first-order valence-corrected chi connectivity index (χ1v) is 12.7. The van der Waals surface area contributed by atoms with Crippen LogP contribution in [0.4, 0.5) is 17.1 Å². The van der Waals surface area contributed by atoms with Crippen molar-refractivity contribution in [1.29, 1.82) is 0 Å². The van der Waals surface area contributed by atoms with Crippen LogP contribution in [0.2, 0.25) is 0 Å². The zero-order chi connectivity index (χ0) is 25.7. The number of nitrogens with zero attached hydrogens (tertiary/aromatic N) is 2. The summed E-state index contributed by atoms with van der Waals surface area (Å²) in [5.41, 5.74) is 7.17. The lowest BCUT2D eigenvalue weighted by atomic mass is 10.00. The highest BCUT2D eigenvalue weighted by Gasteiger charge is 2.23. The lowest BCUT2D eigenvalue weighted by Gasteiger charge is -2.26. The van der Waals surface area contributed by atoms with Crippen LogP contribution in [-0.2, 0) is 6.54 Å². The fourth-order valence-electron chi connectivity index (χ4n) is 4.81. The Kier molecular flexibility index (Phi) is 8.06. The van der Waals surface area contributed by atoms with Gasteiger partial charge >= 0.3 is 0 Å². The molecule has 0 unspecified atom stereocenters. The van der Waals surface area contributed by atoms with Crippen LogP contribution in [0.5, 0.6) is 0 Å². The number of fused-ring (bicyclic) bond motifs is 1. The molecule has 1 aliphatic rings. The third-order valence-electron chi connectivity index (χ3n) is 6.24. The van der Waals surface area contributed by atoms with Gasteiger partial charge in [-0.1, -0.05) is 70.2 Å². The predicted molar refractivity (Wildman–Crippen MR) is 150 cm³/mol. The van der Waals surface area contributed by atoms with Crippen LogP contribution >= 0.6 is 0 Å². The zero-order valence-corrected chi connectivity index (χ0v) is 21.6. The molecule has 0 radical (unpaired) electrons. The molecule has 3 aromatic rings. The summed E-state index contributed by atoms with van der Waals surface area (Å²) in [5, 5.41) is 18.4. The molecular weight excluding hydrogens is 448 g/mol. The van der Waals surface area contributed by atoms with E-state index in [0.717, 1.165) is 53.4 Å². The number of nitrogens with one attached hydrogen (secondary N) is 2. The normalized spacial score (nSPS) is 14.2. The van der Waals surface area contributed by atoms with Crippen LogP contribution in [-0.4, -0.2) is 29.5 Å². The highest BCUT2D eigenvalue weighted by atomic mass is 16.6. The van der Waals surface area contributed by atoms with E-state index >= 15 is 0 Å². The Morgan fingerprint density at radius 2 is 1.64 bits per heavy atom. The molecule has 0 fully saturated rings. The van der Waals surface area contributed by atoms with Gasteiger partial charge in [0.2, 0.25) is 0 Å². The summed E-state index contributed by atoms with van der Waals surface area (Å²) < 4.78 is 0. The van der Waals surface area contributed by atoms with Crippen molar-refractivity contribution in [2.45, 2.75) is 34.2 Å². The second kappa shape index (κ2) is 11.4. The molecule has 3 aromatic carbocycles. The van der Waals surface area contributed by atoms with Crippen molar-refractivity contribution in [2.75, 3.05) is 30.3 Å². The molecule has 36 heavy (non-hydrogen) atoms. The second-order valence-electron chi connectivity index (χ2n) is 10.4. The van der Waals surface area contributed by atoms with E-state index in [1.165, 1.54) is 5.56 Å². The molecule has 1 aliphatic heterocycles. The van der Waals surface area contributed by atoms with Gasteiger partial charge in [-0.2, -0.15) is 0 Å². The number of hydrogen-bond donors (Lipinski definition) is 2. The Hall–Kier alpha value is -3.64. The maximum atomic E-state index is 11.4. The first-order valence-electron chi connectivity index (χ1n) is 12.7. The van der Waals surface area contributed by atoms with Crippen LogP contribution in [0, 0.1) is 22.0 Å². The van der Waals surface area contributed by atoms with Gasteiger partial charge in [-0.3, -0.25) is 15.0 Å². The quantitative estimate of drug-likeness (QED) is 0.237. The van der Waals surface area contributed by atoms with Gasteiger partial charge in [0.25, 0.3) is 5.69 Å². The van der Waals surface area contributed by atoms with Crippen LogP contribution < -0.4 is 10.6 Å². The number of nitro benzene ring substituents is 1. The summed E-state index contributed by atoms with van der Waals surface area (Å²) in [5.74, 6) is 1.26. The van der Waals surface area contributed by atoms with E-state index in [4.69, 9.17) is 0 Å². The van der Waals surface area contributed by atoms with E-state index in [-0.39, 0.29) is 10.6 Å². The molecule has 2 N–H and O–H groups in total. The summed E-state index contributed by atoms with van der Waals surface area (Å²) in [6.07, 6.45) is 0. The second-order valence-corrected chi connectivity index (χ2v) is 10.4. The monoisotopic (exact) mass is 484 g/mol. The fraction of sp³-hybridized carbons (Fsp3) is 0.333. The Bertz CT molecular complexity index is 1210. The average molecular weight is 485 g/mol. The maximum Gasteiger partial charge on any atom is 0.270 e. The number of anilines is 2. The molecular formula is C30H36N4O2. The standard InChI is InChI=1S/C30H36N4O2/c1-21(2)18-33(19-22(3)4)20-23-10-12-25(13-11-23)32-30(24-8-6-5-7-9-24)28-17-31-29-15-14-26(34(35)36)16-27(28)29/h5-16,21-22,31-32H,17-20H2,1-4H3/b30-28+. The lowest BCUT2D eigenvalue weighted by molar-refractivity contribution is -0.384. The molecule has 1 heterocycles. The van der Waals surface area contributed by atoms with Crippen molar-refractivity contribution in [3.63, 3.8) is 0 Å². The number of non-ortho nitro benzene ring substituents is 1. The molecule has 0 spiro atoms. The summed E-state index contributed by atoms with van der Waals surface area (Å²) in [6, 6.07) is 23.8. The number of rotatable bonds is 10. The molecule has 0 atom stereocenters. The maximum absolute atomic E-state index is 11.4. The van der Waals surface area contributed by atoms with Gasteiger partial charge in [0, 0.05) is 60.8 Å². The lowest BCUT2D eigenvalue weighted by Crippen LogP contribution is -2.30. The minimum atomic E-state index is -0.341.